The molecular formula is C7H5BrN2O. The van der Waals surface area contributed by atoms with E-state index >= 15 is 0 Å². The van der Waals surface area contributed by atoms with Gasteiger partial charge in [-0.15, -0.1) is 0 Å². The van der Waals surface area contributed by atoms with Gasteiger partial charge in [0.15, 0.2) is 11.6 Å². The first-order valence-electron chi connectivity index (χ1n) is 3.11. The van der Waals surface area contributed by atoms with Crippen LogP contribution in [0.25, 0.3) is 0 Å². The van der Waals surface area contributed by atoms with Gasteiger partial charge in [-0.25, -0.2) is 4.98 Å². The van der Waals surface area contributed by atoms with E-state index in [1.54, 1.807) is 12.5 Å². The molecular weight excluding hydrogens is 208 g/mol. The van der Waals surface area contributed by atoms with Crippen LogP contribution in [0.2, 0.25) is 0 Å². The summed E-state index contributed by atoms with van der Waals surface area (Å²) in [5, 5.41) is 2.96. The van der Waals surface area contributed by atoms with Crippen LogP contribution in [0.5, 0.6) is 5.75 Å². The standard InChI is InChI=1S/C7H5BrN2O/c8-6-2-1-5-7(10-6)9-3-4-11-5/h1-4H,(H,9,10). The van der Waals surface area contributed by atoms with E-state index in [1.165, 1.54) is 0 Å². The average molecular weight is 213 g/mol. The monoisotopic (exact) mass is 212 g/mol. The van der Waals surface area contributed by atoms with Crippen molar-refractivity contribution in [1.29, 1.82) is 0 Å². The lowest BCUT2D eigenvalue weighted by Gasteiger charge is -2.11. The van der Waals surface area contributed by atoms with Gasteiger partial charge in [0.25, 0.3) is 0 Å². The van der Waals surface area contributed by atoms with Crippen LogP contribution in [0.4, 0.5) is 5.82 Å². The highest BCUT2D eigenvalue weighted by molar-refractivity contribution is 9.10. The number of ether oxygens (including phenoxy) is 1. The number of anilines is 1. The van der Waals surface area contributed by atoms with Gasteiger partial charge in [0.1, 0.15) is 10.9 Å². The molecule has 0 aromatic carbocycles. The summed E-state index contributed by atoms with van der Waals surface area (Å²) in [5.74, 6) is 1.48. The second-order valence-corrected chi connectivity index (χ2v) is 2.86. The van der Waals surface area contributed by atoms with Crippen molar-refractivity contribution in [2.45, 2.75) is 0 Å². The van der Waals surface area contributed by atoms with Crippen molar-refractivity contribution < 1.29 is 4.74 Å². The molecule has 1 aliphatic heterocycles. The summed E-state index contributed by atoms with van der Waals surface area (Å²) in [6.07, 6.45) is 3.28. The molecule has 0 unspecified atom stereocenters. The van der Waals surface area contributed by atoms with Crippen LogP contribution in [0, 0.1) is 0 Å². The van der Waals surface area contributed by atoms with Gasteiger partial charge in [0.05, 0.1) is 0 Å². The lowest BCUT2D eigenvalue weighted by atomic mass is 10.4. The maximum absolute atomic E-state index is 5.15. The van der Waals surface area contributed by atoms with Crippen molar-refractivity contribution in [2.75, 3.05) is 5.32 Å². The van der Waals surface area contributed by atoms with Crippen molar-refractivity contribution in [3.63, 3.8) is 0 Å². The molecule has 56 valence electrons. The third kappa shape index (κ3) is 1.21. The first-order valence-corrected chi connectivity index (χ1v) is 3.90. The summed E-state index contributed by atoms with van der Waals surface area (Å²) in [7, 11) is 0. The zero-order chi connectivity index (χ0) is 7.68. The fourth-order valence-corrected chi connectivity index (χ4v) is 1.15. The predicted molar refractivity (Wildman–Crippen MR) is 45.3 cm³/mol. The van der Waals surface area contributed by atoms with Crippen LogP contribution >= 0.6 is 15.9 Å². The number of halogens is 1. The summed E-state index contributed by atoms with van der Waals surface area (Å²) in [5.41, 5.74) is 0. The molecule has 4 heteroatoms. The Balaban J connectivity index is 2.48. The Bertz CT molecular complexity index is 311. The van der Waals surface area contributed by atoms with Crippen LogP contribution in [-0.2, 0) is 0 Å². The van der Waals surface area contributed by atoms with Gasteiger partial charge >= 0.3 is 0 Å². The van der Waals surface area contributed by atoms with Gasteiger partial charge in [-0.2, -0.15) is 0 Å². The highest BCUT2D eigenvalue weighted by Gasteiger charge is 2.06. The lowest BCUT2D eigenvalue weighted by Crippen LogP contribution is -2.01. The summed E-state index contributed by atoms with van der Waals surface area (Å²) in [6, 6.07) is 3.68. The Kier molecular flexibility index (Phi) is 1.54. The topological polar surface area (TPSA) is 34.2 Å². The second-order valence-electron chi connectivity index (χ2n) is 2.05. The van der Waals surface area contributed by atoms with Gasteiger partial charge in [0, 0.05) is 6.20 Å². The normalized spacial score (nSPS) is 13.2. The van der Waals surface area contributed by atoms with Crippen molar-refractivity contribution in [2.24, 2.45) is 0 Å². The molecule has 0 fully saturated rings. The maximum atomic E-state index is 5.15. The van der Waals surface area contributed by atoms with E-state index in [0.717, 1.165) is 16.2 Å². The van der Waals surface area contributed by atoms with E-state index < -0.39 is 0 Å². The van der Waals surface area contributed by atoms with Crippen molar-refractivity contribution in [3.8, 4) is 5.75 Å². The third-order valence-corrected chi connectivity index (χ3v) is 1.75. The number of fused-ring (bicyclic) bond motifs is 1. The first kappa shape index (κ1) is 6.67. The fourth-order valence-electron chi connectivity index (χ4n) is 0.841. The minimum atomic E-state index is 0.738. The van der Waals surface area contributed by atoms with Crippen LogP contribution < -0.4 is 10.1 Å². The van der Waals surface area contributed by atoms with Crippen LogP contribution in [-0.4, -0.2) is 4.98 Å². The van der Waals surface area contributed by atoms with Crippen molar-refractivity contribution in [3.05, 3.63) is 29.2 Å². The van der Waals surface area contributed by atoms with Gasteiger partial charge in [-0.1, -0.05) is 0 Å². The molecule has 0 saturated carbocycles. The predicted octanol–water partition coefficient (Wildman–Crippen LogP) is 2.12. The summed E-state index contributed by atoms with van der Waals surface area (Å²) >= 11 is 3.26. The number of hydrogen-bond donors (Lipinski definition) is 1. The van der Waals surface area contributed by atoms with Crippen molar-refractivity contribution in [1.82, 2.24) is 4.98 Å². The molecule has 11 heavy (non-hydrogen) atoms. The first-order chi connectivity index (χ1) is 5.36. The Morgan fingerprint density at radius 1 is 1.45 bits per heavy atom. The van der Waals surface area contributed by atoms with Gasteiger partial charge in [-0.3, -0.25) is 0 Å². The van der Waals surface area contributed by atoms with Gasteiger partial charge < -0.3 is 10.1 Å². The summed E-state index contributed by atoms with van der Waals surface area (Å²) in [4.78, 5) is 4.14. The number of pyridine rings is 1. The Labute approximate surface area is 72.2 Å². The quantitative estimate of drug-likeness (QED) is 0.670. The summed E-state index contributed by atoms with van der Waals surface area (Å²) < 4.78 is 5.95. The maximum Gasteiger partial charge on any atom is 0.174 e. The molecule has 0 saturated heterocycles. The van der Waals surface area contributed by atoms with Crippen LogP contribution in [0.15, 0.2) is 29.2 Å². The molecule has 0 spiro atoms. The third-order valence-electron chi connectivity index (χ3n) is 1.31. The Morgan fingerprint density at radius 3 is 3.27 bits per heavy atom. The molecule has 2 heterocycles. The second kappa shape index (κ2) is 2.54. The van der Waals surface area contributed by atoms with E-state index in [-0.39, 0.29) is 0 Å². The molecule has 1 aromatic rings. The number of hydrogen-bond acceptors (Lipinski definition) is 3. The summed E-state index contributed by atoms with van der Waals surface area (Å²) in [6.45, 7) is 0. The Hall–Kier alpha value is -1.03. The zero-order valence-electron chi connectivity index (χ0n) is 5.54. The molecule has 0 bridgehead atoms. The van der Waals surface area contributed by atoms with E-state index in [2.05, 4.69) is 26.2 Å². The smallest absolute Gasteiger partial charge is 0.174 e. The van der Waals surface area contributed by atoms with E-state index in [0.29, 0.717) is 0 Å². The van der Waals surface area contributed by atoms with E-state index in [9.17, 15) is 0 Å². The highest BCUT2D eigenvalue weighted by atomic mass is 79.9. The fraction of sp³-hybridized carbons (Fsp3) is 0. The molecule has 0 radical (unpaired) electrons. The number of nitrogens with one attached hydrogen (secondary N) is 1. The molecule has 1 aliphatic rings. The zero-order valence-corrected chi connectivity index (χ0v) is 7.13. The van der Waals surface area contributed by atoms with Gasteiger partial charge in [-0.05, 0) is 28.1 Å². The average Bonchev–Trinajstić information content (AvgIpc) is 2.04. The Morgan fingerprint density at radius 2 is 2.36 bits per heavy atom. The van der Waals surface area contributed by atoms with Gasteiger partial charge in [0.2, 0.25) is 0 Å². The van der Waals surface area contributed by atoms with E-state index in [4.69, 9.17) is 4.74 Å². The number of rotatable bonds is 0. The number of aromatic nitrogens is 1. The minimum Gasteiger partial charge on any atom is -0.460 e. The molecule has 3 nitrogen and oxygen atoms in total. The van der Waals surface area contributed by atoms with Crippen LogP contribution in [0.3, 0.4) is 0 Å². The molecule has 0 amide bonds. The highest BCUT2D eigenvalue weighted by Crippen LogP contribution is 2.26. The molecule has 0 aliphatic carbocycles. The minimum absolute atomic E-state index is 0.738. The molecule has 1 N–H and O–H groups in total. The van der Waals surface area contributed by atoms with Crippen LogP contribution in [0.1, 0.15) is 0 Å². The SMILES string of the molecule is Brc1ccc2c(n1)NC=CO2. The van der Waals surface area contributed by atoms with E-state index in [1.807, 2.05) is 12.1 Å². The molecule has 0 atom stereocenters. The molecule has 1 aromatic heterocycles. The molecule has 2 rings (SSSR count). The van der Waals surface area contributed by atoms with Crippen molar-refractivity contribution >= 4 is 21.7 Å². The largest absolute Gasteiger partial charge is 0.460 e. The number of nitrogens with zero attached hydrogens (tertiary/aromatic N) is 1. The lowest BCUT2D eigenvalue weighted by molar-refractivity contribution is 0.474.